The van der Waals surface area contributed by atoms with Crippen molar-refractivity contribution in [2.45, 2.75) is 6.42 Å². The molecule has 3 nitrogen and oxygen atoms in total. The molecule has 1 heterocycles. The van der Waals surface area contributed by atoms with Gasteiger partial charge in [0.1, 0.15) is 0 Å². The normalized spacial score (nSPS) is 46.4. The number of imide groups is 1. The molecule has 2 aliphatic carbocycles. The smallest absolute Gasteiger partial charge is 0.233 e. The number of carbonyl (C=O) groups excluding carboxylic acids is 2. The third-order valence-electron chi connectivity index (χ3n) is 3.69. The Morgan fingerprint density at radius 1 is 1.15 bits per heavy atom. The van der Waals surface area contributed by atoms with Crippen molar-refractivity contribution in [3.05, 3.63) is 12.2 Å². The standard InChI is InChI=1S/C10H11NO2/c1-11-9(12)7-5-2-3-6(4-5)8(7)10(11)13/h2-3,5-8H,4H2,1H3/t5-,6+,7+,8-. The van der Waals surface area contributed by atoms with Crippen molar-refractivity contribution in [3.8, 4) is 0 Å². The Bertz CT molecular complexity index is 304. The molecule has 3 heteroatoms. The number of hydrogen-bond acceptors (Lipinski definition) is 2. The number of rotatable bonds is 0. The predicted molar refractivity (Wildman–Crippen MR) is 45.5 cm³/mol. The second-order valence-electron chi connectivity index (χ2n) is 4.24. The second-order valence-corrected chi connectivity index (χ2v) is 4.24. The van der Waals surface area contributed by atoms with Crippen LogP contribution in [0.1, 0.15) is 6.42 Å². The molecule has 4 atom stereocenters. The van der Waals surface area contributed by atoms with Crippen LogP contribution in [0.2, 0.25) is 0 Å². The lowest BCUT2D eigenvalue weighted by atomic mass is 9.85. The maximum Gasteiger partial charge on any atom is 0.233 e. The minimum atomic E-state index is -0.0208. The number of carbonyl (C=O) groups is 2. The largest absolute Gasteiger partial charge is 0.285 e. The summed E-state index contributed by atoms with van der Waals surface area (Å²) in [6.45, 7) is 0. The highest BCUT2D eigenvalue weighted by molar-refractivity contribution is 6.06. The SMILES string of the molecule is CN1C(=O)[C@@H]2[C@H](C1=O)[C@H]1C=C[C@@H]2C1. The van der Waals surface area contributed by atoms with Crippen LogP contribution in [0.4, 0.5) is 0 Å². The molecule has 0 radical (unpaired) electrons. The zero-order valence-electron chi connectivity index (χ0n) is 7.43. The molecule has 0 spiro atoms. The Morgan fingerprint density at radius 2 is 1.62 bits per heavy atom. The maximum absolute atomic E-state index is 11.7. The molecule has 0 unspecified atom stereocenters. The van der Waals surface area contributed by atoms with Gasteiger partial charge >= 0.3 is 0 Å². The van der Waals surface area contributed by atoms with E-state index in [1.807, 2.05) is 0 Å². The molecule has 0 aromatic carbocycles. The van der Waals surface area contributed by atoms with Crippen LogP contribution in [0, 0.1) is 23.7 Å². The molecule has 1 aliphatic heterocycles. The van der Waals surface area contributed by atoms with Crippen molar-refractivity contribution in [3.63, 3.8) is 0 Å². The van der Waals surface area contributed by atoms with Gasteiger partial charge in [0.15, 0.2) is 0 Å². The zero-order valence-corrected chi connectivity index (χ0v) is 7.43. The van der Waals surface area contributed by atoms with Gasteiger partial charge in [0.2, 0.25) is 11.8 Å². The monoisotopic (exact) mass is 177 g/mol. The molecule has 2 amide bonds. The van der Waals surface area contributed by atoms with Crippen molar-refractivity contribution in [2.75, 3.05) is 7.05 Å². The molecular weight excluding hydrogens is 166 g/mol. The fourth-order valence-electron chi connectivity index (χ4n) is 3.05. The summed E-state index contributed by atoms with van der Waals surface area (Å²) in [6, 6.07) is 0. The quantitative estimate of drug-likeness (QED) is 0.397. The van der Waals surface area contributed by atoms with Crippen molar-refractivity contribution in [2.24, 2.45) is 23.7 Å². The van der Waals surface area contributed by atoms with Crippen LogP contribution in [0.25, 0.3) is 0 Å². The summed E-state index contributed by atoms with van der Waals surface area (Å²) in [5.41, 5.74) is 0. The van der Waals surface area contributed by atoms with E-state index in [4.69, 9.17) is 0 Å². The first-order chi connectivity index (χ1) is 6.20. The molecule has 3 aliphatic rings. The van der Waals surface area contributed by atoms with E-state index in [9.17, 15) is 9.59 Å². The van der Waals surface area contributed by atoms with Crippen molar-refractivity contribution >= 4 is 11.8 Å². The van der Waals surface area contributed by atoms with Crippen molar-refractivity contribution in [1.82, 2.24) is 4.90 Å². The van der Waals surface area contributed by atoms with Gasteiger partial charge in [-0.15, -0.1) is 0 Å². The Hall–Kier alpha value is -1.12. The first-order valence-electron chi connectivity index (χ1n) is 4.70. The summed E-state index contributed by atoms with van der Waals surface area (Å²) in [5.74, 6) is 0.714. The van der Waals surface area contributed by atoms with Gasteiger partial charge in [0.25, 0.3) is 0 Å². The molecule has 0 aromatic heterocycles. The summed E-state index contributed by atoms with van der Waals surface area (Å²) >= 11 is 0. The number of nitrogens with zero attached hydrogens (tertiary/aromatic N) is 1. The second kappa shape index (κ2) is 2.03. The lowest BCUT2D eigenvalue weighted by Gasteiger charge is -2.14. The molecule has 13 heavy (non-hydrogen) atoms. The van der Waals surface area contributed by atoms with Crippen LogP contribution in [-0.4, -0.2) is 23.8 Å². The number of allylic oxidation sites excluding steroid dienone is 2. The lowest BCUT2D eigenvalue weighted by molar-refractivity contribution is -0.138. The van der Waals surface area contributed by atoms with Gasteiger partial charge < -0.3 is 0 Å². The van der Waals surface area contributed by atoms with E-state index in [0.29, 0.717) is 11.8 Å². The van der Waals surface area contributed by atoms with E-state index in [1.54, 1.807) is 7.05 Å². The molecule has 1 saturated carbocycles. The summed E-state index contributed by atoms with van der Waals surface area (Å²) in [5, 5.41) is 0. The van der Waals surface area contributed by atoms with E-state index < -0.39 is 0 Å². The van der Waals surface area contributed by atoms with Gasteiger partial charge in [-0.1, -0.05) is 12.2 Å². The fourth-order valence-corrected chi connectivity index (χ4v) is 3.05. The highest BCUT2D eigenvalue weighted by Gasteiger charge is 2.58. The Balaban J connectivity index is 2.08. The number of hydrogen-bond donors (Lipinski definition) is 0. The third-order valence-corrected chi connectivity index (χ3v) is 3.69. The molecule has 0 aromatic rings. The van der Waals surface area contributed by atoms with Crippen LogP contribution < -0.4 is 0 Å². The predicted octanol–water partition coefficient (Wildman–Crippen LogP) is 0.423. The van der Waals surface area contributed by atoms with E-state index in [1.165, 1.54) is 4.90 Å². The molecule has 2 bridgehead atoms. The van der Waals surface area contributed by atoms with Gasteiger partial charge in [0.05, 0.1) is 11.8 Å². The zero-order chi connectivity index (χ0) is 9.16. The lowest BCUT2D eigenvalue weighted by Crippen LogP contribution is -2.28. The first kappa shape index (κ1) is 7.30. The van der Waals surface area contributed by atoms with Crippen LogP contribution in [-0.2, 0) is 9.59 Å². The molecule has 2 fully saturated rings. The number of amides is 2. The van der Waals surface area contributed by atoms with Crippen molar-refractivity contribution < 1.29 is 9.59 Å². The summed E-state index contributed by atoms with van der Waals surface area (Å²) in [6.07, 6.45) is 5.23. The average molecular weight is 177 g/mol. The van der Waals surface area contributed by atoms with Crippen LogP contribution >= 0.6 is 0 Å². The Kier molecular flexibility index (Phi) is 1.14. The fraction of sp³-hybridized carbons (Fsp3) is 0.600. The van der Waals surface area contributed by atoms with E-state index in [2.05, 4.69) is 12.2 Å². The molecule has 3 rings (SSSR count). The highest BCUT2D eigenvalue weighted by Crippen LogP contribution is 2.52. The van der Waals surface area contributed by atoms with Gasteiger partial charge in [-0.2, -0.15) is 0 Å². The topological polar surface area (TPSA) is 37.4 Å². The summed E-state index contributed by atoms with van der Waals surface area (Å²) in [7, 11) is 1.60. The Labute approximate surface area is 76.4 Å². The molecule has 0 N–H and O–H groups in total. The van der Waals surface area contributed by atoms with Gasteiger partial charge in [-0.3, -0.25) is 14.5 Å². The summed E-state index contributed by atoms with van der Waals surface area (Å²) < 4.78 is 0. The van der Waals surface area contributed by atoms with Gasteiger partial charge in [-0.25, -0.2) is 0 Å². The maximum atomic E-state index is 11.7. The van der Waals surface area contributed by atoms with Crippen LogP contribution in [0.3, 0.4) is 0 Å². The van der Waals surface area contributed by atoms with E-state index >= 15 is 0 Å². The Morgan fingerprint density at radius 3 is 2.08 bits per heavy atom. The van der Waals surface area contributed by atoms with E-state index in [0.717, 1.165) is 6.42 Å². The number of likely N-dealkylation sites (tertiary alicyclic amines) is 1. The molecular formula is C10H11NO2. The minimum Gasteiger partial charge on any atom is -0.285 e. The van der Waals surface area contributed by atoms with Gasteiger partial charge in [-0.05, 0) is 18.3 Å². The molecule has 68 valence electrons. The molecule has 1 saturated heterocycles. The average Bonchev–Trinajstić information content (AvgIpc) is 2.76. The van der Waals surface area contributed by atoms with Crippen LogP contribution in [0.5, 0.6) is 0 Å². The highest BCUT2D eigenvalue weighted by atomic mass is 16.2. The van der Waals surface area contributed by atoms with Crippen molar-refractivity contribution in [1.29, 1.82) is 0 Å². The summed E-state index contributed by atoms with van der Waals surface area (Å²) in [4.78, 5) is 24.6. The van der Waals surface area contributed by atoms with Gasteiger partial charge in [0, 0.05) is 7.05 Å². The van der Waals surface area contributed by atoms with E-state index in [-0.39, 0.29) is 23.7 Å². The minimum absolute atomic E-state index is 0.0208. The van der Waals surface area contributed by atoms with Crippen LogP contribution in [0.15, 0.2) is 12.2 Å². The third kappa shape index (κ3) is 0.666. The first-order valence-corrected chi connectivity index (χ1v) is 4.70. The number of fused-ring (bicyclic) bond motifs is 5.